The molecular weight excluding hydrogens is 418 g/mol. The first-order chi connectivity index (χ1) is 14.7. The molecule has 0 aliphatic carbocycles. The second kappa shape index (κ2) is 9.74. The number of carbonyl (C=O) groups is 2. The molecule has 1 aromatic carbocycles. The summed E-state index contributed by atoms with van der Waals surface area (Å²) in [5, 5.41) is 14.7. The van der Waals surface area contributed by atoms with Crippen LogP contribution in [0.25, 0.3) is 5.69 Å². The molecule has 2 atom stereocenters. The number of aromatic nitrogens is 4. The number of amides is 2. The smallest absolute Gasteiger partial charge is 0.243 e. The van der Waals surface area contributed by atoms with Gasteiger partial charge in [-0.05, 0) is 65.3 Å². The van der Waals surface area contributed by atoms with Gasteiger partial charge >= 0.3 is 0 Å². The summed E-state index contributed by atoms with van der Waals surface area (Å²) in [5.74, 6) is -0.356. The van der Waals surface area contributed by atoms with Crippen molar-refractivity contribution >= 4 is 23.4 Å². The fraction of sp³-hybridized carbons (Fsp3) is 0.571. The summed E-state index contributed by atoms with van der Waals surface area (Å²) < 4.78 is 1.51. The largest absolute Gasteiger partial charge is 0.350 e. The van der Waals surface area contributed by atoms with Gasteiger partial charge in [0.2, 0.25) is 11.8 Å². The van der Waals surface area contributed by atoms with Crippen LogP contribution in [0, 0.1) is 5.41 Å². The van der Waals surface area contributed by atoms with Crippen LogP contribution in [0.3, 0.4) is 0 Å². The summed E-state index contributed by atoms with van der Waals surface area (Å²) in [6.07, 6.45) is 4.43. The molecule has 2 heterocycles. The molecule has 10 heteroatoms. The zero-order valence-electron chi connectivity index (χ0n) is 18.2. The molecule has 0 radical (unpaired) electrons. The first kappa shape index (κ1) is 23.1. The van der Waals surface area contributed by atoms with Crippen LogP contribution in [0.4, 0.5) is 0 Å². The summed E-state index contributed by atoms with van der Waals surface area (Å²) in [7, 11) is 0. The van der Waals surface area contributed by atoms with Gasteiger partial charge in [0.1, 0.15) is 12.4 Å². The second-order valence-electron chi connectivity index (χ2n) is 9.16. The third-order valence-corrected chi connectivity index (χ3v) is 5.56. The van der Waals surface area contributed by atoms with E-state index in [1.807, 2.05) is 20.8 Å². The van der Waals surface area contributed by atoms with Crippen LogP contribution < -0.4 is 11.1 Å². The van der Waals surface area contributed by atoms with E-state index in [1.165, 1.54) is 11.0 Å². The van der Waals surface area contributed by atoms with Crippen molar-refractivity contribution in [1.29, 1.82) is 0 Å². The van der Waals surface area contributed by atoms with Gasteiger partial charge in [-0.15, -0.1) is 5.10 Å². The summed E-state index contributed by atoms with van der Waals surface area (Å²) >= 11 is 6.15. The van der Waals surface area contributed by atoms with Gasteiger partial charge in [0, 0.05) is 18.1 Å². The number of likely N-dealkylation sites (tertiary alicyclic amines) is 1. The lowest BCUT2D eigenvalue weighted by Gasteiger charge is -2.37. The lowest BCUT2D eigenvalue weighted by molar-refractivity contribution is -0.143. The van der Waals surface area contributed by atoms with Crippen LogP contribution >= 0.6 is 11.6 Å². The van der Waals surface area contributed by atoms with E-state index in [-0.39, 0.29) is 23.8 Å². The van der Waals surface area contributed by atoms with E-state index in [0.29, 0.717) is 24.4 Å². The Balaban J connectivity index is 1.71. The summed E-state index contributed by atoms with van der Waals surface area (Å²) in [5.41, 5.74) is 7.62. The fourth-order valence-electron chi connectivity index (χ4n) is 3.92. The fourth-order valence-corrected chi connectivity index (χ4v) is 4.11. The van der Waals surface area contributed by atoms with E-state index in [9.17, 15) is 9.59 Å². The number of hydrogen-bond donors (Lipinski definition) is 2. The number of halogens is 1. The molecule has 31 heavy (non-hydrogen) atoms. The highest BCUT2D eigenvalue weighted by Crippen LogP contribution is 2.24. The van der Waals surface area contributed by atoms with Gasteiger partial charge in [-0.1, -0.05) is 32.4 Å². The Morgan fingerprint density at radius 2 is 2.10 bits per heavy atom. The van der Waals surface area contributed by atoms with Crippen molar-refractivity contribution in [2.75, 3.05) is 6.54 Å². The number of nitrogens with zero attached hydrogens (tertiary/aromatic N) is 5. The van der Waals surface area contributed by atoms with Crippen molar-refractivity contribution in [3.63, 3.8) is 0 Å². The first-order valence-corrected chi connectivity index (χ1v) is 10.9. The van der Waals surface area contributed by atoms with Crippen molar-refractivity contribution in [3.05, 3.63) is 35.1 Å². The predicted molar refractivity (Wildman–Crippen MR) is 117 cm³/mol. The minimum Gasteiger partial charge on any atom is -0.350 e. The molecule has 1 aliphatic heterocycles. The molecule has 0 spiro atoms. The summed E-state index contributed by atoms with van der Waals surface area (Å²) in [6.45, 7) is 6.93. The van der Waals surface area contributed by atoms with Crippen LogP contribution in [0.1, 0.15) is 52.0 Å². The highest BCUT2D eigenvalue weighted by atomic mass is 35.5. The molecule has 3 rings (SSSR count). The molecule has 1 saturated heterocycles. The molecule has 2 unspecified atom stereocenters. The minimum absolute atomic E-state index is 0.0676. The second-order valence-corrected chi connectivity index (χ2v) is 9.60. The lowest BCUT2D eigenvalue weighted by Crippen LogP contribution is -2.56. The average molecular weight is 448 g/mol. The van der Waals surface area contributed by atoms with Crippen LogP contribution in [0.5, 0.6) is 0 Å². The SMILES string of the molecule is CC(C)(C)CC(N)C(=O)N1CCCCC1C(=O)NCc1cc(Cl)ccc1-n1cnnn1. The van der Waals surface area contributed by atoms with Gasteiger partial charge in [-0.3, -0.25) is 9.59 Å². The Bertz CT molecular complexity index is 911. The molecule has 0 bridgehead atoms. The predicted octanol–water partition coefficient (Wildman–Crippen LogP) is 2.08. The Labute approximate surface area is 187 Å². The molecule has 3 N–H and O–H groups in total. The van der Waals surface area contributed by atoms with Crippen molar-refractivity contribution in [3.8, 4) is 5.69 Å². The maximum absolute atomic E-state index is 13.1. The molecule has 0 saturated carbocycles. The summed E-state index contributed by atoms with van der Waals surface area (Å²) in [6, 6.07) is 4.15. The van der Waals surface area contributed by atoms with E-state index in [4.69, 9.17) is 17.3 Å². The maximum Gasteiger partial charge on any atom is 0.243 e. The van der Waals surface area contributed by atoms with Crippen LogP contribution in [0.2, 0.25) is 5.02 Å². The number of hydrogen-bond acceptors (Lipinski definition) is 6. The highest BCUT2D eigenvalue weighted by molar-refractivity contribution is 6.30. The van der Waals surface area contributed by atoms with E-state index < -0.39 is 12.1 Å². The van der Waals surface area contributed by atoms with Crippen LogP contribution in [0.15, 0.2) is 24.5 Å². The zero-order valence-corrected chi connectivity index (χ0v) is 19.0. The third kappa shape index (κ3) is 6.01. The molecule has 9 nitrogen and oxygen atoms in total. The number of piperidine rings is 1. The molecule has 1 fully saturated rings. The van der Waals surface area contributed by atoms with E-state index in [0.717, 1.165) is 24.1 Å². The molecule has 1 aromatic heterocycles. The van der Waals surface area contributed by atoms with Gasteiger partial charge in [0.25, 0.3) is 0 Å². The third-order valence-electron chi connectivity index (χ3n) is 5.33. The number of nitrogens with two attached hydrogens (primary N) is 1. The van der Waals surface area contributed by atoms with Crippen LogP contribution in [-0.2, 0) is 16.1 Å². The van der Waals surface area contributed by atoms with Gasteiger partial charge in [0.15, 0.2) is 0 Å². The van der Waals surface area contributed by atoms with Crippen molar-refractivity contribution in [2.45, 2.75) is 65.1 Å². The topological polar surface area (TPSA) is 119 Å². The number of carbonyl (C=O) groups excluding carboxylic acids is 2. The number of benzene rings is 1. The average Bonchev–Trinajstić information content (AvgIpc) is 3.25. The summed E-state index contributed by atoms with van der Waals surface area (Å²) in [4.78, 5) is 27.7. The first-order valence-electron chi connectivity index (χ1n) is 10.5. The van der Waals surface area contributed by atoms with Crippen molar-refractivity contribution in [1.82, 2.24) is 30.4 Å². The Kier molecular flexibility index (Phi) is 7.27. The number of tetrazole rings is 1. The molecule has 168 valence electrons. The van der Waals surface area contributed by atoms with Gasteiger partial charge in [-0.2, -0.15) is 0 Å². The van der Waals surface area contributed by atoms with Gasteiger partial charge in [0.05, 0.1) is 11.7 Å². The molecule has 2 aromatic rings. The van der Waals surface area contributed by atoms with E-state index >= 15 is 0 Å². The lowest BCUT2D eigenvalue weighted by atomic mass is 9.87. The monoisotopic (exact) mass is 447 g/mol. The Hall–Kier alpha value is -2.52. The van der Waals surface area contributed by atoms with E-state index in [1.54, 1.807) is 23.1 Å². The number of rotatable bonds is 6. The van der Waals surface area contributed by atoms with Gasteiger partial charge in [-0.25, -0.2) is 4.68 Å². The Morgan fingerprint density at radius 3 is 2.77 bits per heavy atom. The normalized spacial score (nSPS) is 18.0. The number of nitrogens with one attached hydrogen (secondary N) is 1. The van der Waals surface area contributed by atoms with Crippen molar-refractivity contribution in [2.24, 2.45) is 11.1 Å². The van der Waals surface area contributed by atoms with Crippen molar-refractivity contribution < 1.29 is 9.59 Å². The molecular formula is C21H30ClN7O2. The van der Waals surface area contributed by atoms with Crippen LogP contribution in [-0.4, -0.2) is 55.5 Å². The van der Waals surface area contributed by atoms with E-state index in [2.05, 4.69) is 20.8 Å². The zero-order chi connectivity index (χ0) is 22.6. The van der Waals surface area contributed by atoms with Gasteiger partial charge < -0.3 is 16.0 Å². The molecule has 2 amide bonds. The molecule has 1 aliphatic rings. The minimum atomic E-state index is -0.618. The Morgan fingerprint density at radius 1 is 1.32 bits per heavy atom. The maximum atomic E-state index is 13.1. The quantitative estimate of drug-likeness (QED) is 0.699. The standard InChI is InChI=1S/C21H30ClN7O2/c1-21(2,3)11-16(23)20(31)28-9-5-4-6-18(28)19(30)24-12-14-10-15(22)7-8-17(14)29-13-25-26-27-29/h7-8,10,13,16,18H,4-6,9,11-12,23H2,1-3H3,(H,24,30). The highest BCUT2D eigenvalue weighted by Gasteiger charge is 2.35.